The highest BCUT2D eigenvalue weighted by atomic mass is 16.2. The lowest BCUT2D eigenvalue weighted by Gasteiger charge is -2.22. The van der Waals surface area contributed by atoms with Crippen LogP contribution >= 0.6 is 0 Å². The maximum Gasteiger partial charge on any atom is 0.325 e. The number of nitrogens with zero attached hydrogens (tertiary/aromatic N) is 1. The molecule has 1 atom stereocenters. The van der Waals surface area contributed by atoms with Gasteiger partial charge in [-0.1, -0.05) is 44.2 Å². The van der Waals surface area contributed by atoms with E-state index >= 15 is 0 Å². The van der Waals surface area contributed by atoms with Gasteiger partial charge in [0.1, 0.15) is 12.1 Å². The molecule has 136 valence electrons. The van der Waals surface area contributed by atoms with Gasteiger partial charge < -0.3 is 10.6 Å². The molecule has 0 radical (unpaired) electrons. The quantitative estimate of drug-likeness (QED) is 0.708. The summed E-state index contributed by atoms with van der Waals surface area (Å²) in [5.41, 5.74) is 0.213. The van der Waals surface area contributed by atoms with E-state index in [9.17, 15) is 14.4 Å². The van der Waals surface area contributed by atoms with Crippen LogP contribution in [0.5, 0.6) is 0 Å². The average molecular weight is 345 g/mol. The highest BCUT2D eigenvalue weighted by Gasteiger charge is 2.47. The van der Waals surface area contributed by atoms with E-state index in [4.69, 9.17) is 0 Å². The van der Waals surface area contributed by atoms with Gasteiger partial charge in [0.2, 0.25) is 5.91 Å². The van der Waals surface area contributed by atoms with Crippen LogP contribution in [0, 0.1) is 5.92 Å². The van der Waals surface area contributed by atoms with E-state index in [1.807, 2.05) is 30.3 Å². The Kier molecular flexibility index (Phi) is 6.17. The standard InChI is InChI=1S/C19H27N3O3/c1-14(2)9-11-19(3)17(24)22(18(25)21-19)13-16(23)20-12-10-15-7-5-4-6-8-15/h4-8,14H,9-13H2,1-3H3,(H,20,23)(H,21,25)/t19-/m1/s1. The average Bonchev–Trinajstić information content (AvgIpc) is 2.78. The zero-order chi connectivity index (χ0) is 18.4. The largest absolute Gasteiger partial charge is 0.354 e. The van der Waals surface area contributed by atoms with Gasteiger partial charge in [-0.05, 0) is 37.7 Å². The van der Waals surface area contributed by atoms with Crippen molar-refractivity contribution in [2.45, 2.75) is 45.6 Å². The van der Waals surface area contributed by atoms with Crippen LogP contribution in [0.3, 0.4) is 0 Å². The van der Waals surface area contributed by atoms with Crippen molar-refractivity contribution in [1.29, 1.82) is 0 Å². The van der Waals surface area contributed by atoms with E-state index in [2.05, 4.69) is 24.5 Å². The molecule has 1 heterocycles. The Bertz CT molecular complexity index is 630. The minimum Gasteiger partial charge on any atom is -0.354 e. The number of amides is 4. The number of carbonyl (C=O) groups is 3. The number of rotatable bonds is 8. The summed E-state index contributed by atoms with van der Waals surface area (Å²) in [6, 6.07) is 9.32. The number of benzene rings is 1. The first-order valence-corrected chi connectivity index (χ1v) is 8.76. The Labute approximate surface area is 149 Å². The Morgan fingerprint density at radius 3 is 2.56 bits per heavy atom. The van der Waals surface area contributed by atoms with Gasteiger partial charge in [0.05, 0.1) is 0 Å². The molecule has 1 saturated heterocycles. The number of urea groups is 1. The maximum atomic E-state index is 12.5. The van der Waals surface area contributed by atoms with E-state index in [1.54, 1.807) is 6.92 Å². The lowest BCUT2D eigenvalue weighted by molar-refractivity contribution is -0.134. The third-order valence-corrected chi connectivity index (χ3v) is 4.45. The van der Waals surface area contributed by atoms with Crippen LogP contribution in [0.25, 0.3) is 0 Å². The number of nitrogens with one attached hydrogen (secondary N) is 2. The molecule has 1 aromatic rings. The van der Waals surface area contributed by atoms with Crippen LogP contribution in [-0.2, 0) is 16.0 Å². The SMILES string of the molecule is CC(C)CC[C@@]1(C)NC(=O)N(CC(=O)NCCc2ccccc2)C1=O. The zero-order valence-electron chi connectivity index (χ0n) is 15.2. The van der Waals surface area contributed by atoms with E-state index in [0.717, 1.165) is 16.9 Å². The first kappa shape index (κ1) is 19.0. The van der Waals surface area contributed by atoms with Crippen LogP contribution in [0.1, 0.15) is 39.2 Å². The molecule has 0 saturated carbocycles. The molecule has 2 rings (SSSR count). The third-order valence-electron chi connectivity index (χ3n) is 4.45. The van der Waals surface area contributed by atoms with Gasteiger partial charge in [-0.25, -0.2) is 4.79 Å². The van der Waals surface area contributed by atoms with E-state index in [0.29, 0.717) is 25.3 Å². The third kappa shape index (κ3) is 5.05. The minimum absolute atomic E-state index is 0.239. The van der Waals surface area contributed by atoms with Crippen LogP contribution < -0.4 is 10.6 Å². The van der Waals surface area contributed by atoms with Gasteiger partial charge >= 0.3 is 6.03 Å². The zero-order valence-corrected chi connectivity index (χ0v) is 15.2. The molecule has 1 fully saturated rings. The molecular formula is C19H27N3O3. The lowest BCUT2D eigenvalue weighted by atomic mass is 9.92. The number of imide groups is 1. The number of carbonyl (C=O) groups excluding carboxylic acids is 3. The predicted octanol–water partition coefficient (Wildman–Crippen LogP) is 2.09. The molecule has 25 heavy (non-hydrogen) atoms. The fraction of sp³-hybridized carbons (Fsp3) is 0.526. The summed E-state index contributed by atoms with van der Waals surface area (Å²) in [6.45, 7) is 6.10. The summed E-state index contributed by atoms with van der Waals surface area (Å²) in [4.78, 5) is 37.7. The molecule has 6 heteroatoms. The maximum absolute atomic E-state index is 12.5. The van der Waals surface area contributed by atoms with Crippen molar-refractivity contribution in [2.75, 3.05) is 13.1 Å². The Balaban J connectivity index is 1.83. The predicted molar refractivity (Wildman–Crippen MR) is 95.9 cm³/mol. The molecule has 1 aliphatic rings. The molecule has 1 aliphatic heterocycles. The van der Waals surface area contributed by atoms with E-state index in [-0.39, 0.29) is 18.4 Å². The highest BCUT2D eigenvalue weighted by Crippen LogP contribution is 2.24. The van der Waals surface area contributed by atoms with Crippen molar-refractivity contribution in [3.8, 4) is 0 Å². The molecule has 0 bridgehead atoms. The fourth-order valence-corrected chi connectivity index (χ4v) is 2.83. The van der Waals surface area contributed by atoms with Gasteiger partial charge in [-0.15, -0.1) is 0 Å². The normalized spacial score (nSPS) is 20.1. The Morgan fingerprint density at radius 1 is 1.24 bits per heavy atom. The molecule has 0 aliphatic carbocycles. The molecule has 0 spiro atoms. The second-order valence-electron chi connectivity index (χ2n) is 7.17. The second kappa shape index (κ2) is 8.14. The van der Waals surface area contributed by atoms with Gasteiger partial charge in [0.15, 0.2) is 0 Å². The number of hydrogen-bond acceptors (Lipinski definition) is 3. The lowest BCUT2D eigenvalue weighted by Crippen LogP contribution is -2.45. The smallest absolute Gasteiger partial charge is 0.325 e. The molecule has 6 nitrogen and oxygen atoms in total. The van der Waals surface area contributed by atoms with Crippen molar-refractivity contribution in [2.24, 2.45) is 5.92 Å². The topological polar surface area (TPSA) is 78.5 Å². The molecule has 0 unspecified atom stereocenters. The first-order chi connectivity index (χ1) is 11.8. The summed E-state index contributed by atoms with van der Waals surface area (Å²) in [5.74, 6) is -0.208. The number of hydrogen-bond donors (Lipinski definition) is 2. The van der Waals surface area contributed by atoms with Gasteiger partial charge in [-0.2, -0.15) is 0 Å². The summed E-state index contributed by atoms with van der Waals surface area (Å²) in [7, 11) is 0. The fourth-order valence-electron chi connectivity index (χ4n) is 2.83. The first-order valence-electron chi connectivity index (χ1n) is 8.76. The van der Waals surface area contributed by atoms with Crippen molar-refractivity contribution in [3.05, 3.63) is 35.9 Å². The Hall–Kier alpha value is -2.37. The summed E-state index contributed by atoms with van der Waals surface area (Å²) in [6.07, 6.45) is 2.11. The monoisotopic (exact) mass is 345 g/mol. The van der Waals surface area contributed by atoms with Crippen molar-refractivity contribution in [1.82, 2.24) is 15.5 Å². The second-order valence-corrected chi connectivity index (χ2v) is 7.17. The molecule has 1 aromatic carbocycles. The molecule has 0 aromatic heterocycles. The van der Waals surface area contributed by atoms with Crippen molar-refractivity contribution in [3.63, 3.8) is 0 Å². The van der Waals surface area contributed by atoms with E-state index < -0.39 is 11.6 Å². The highest BCUT2D eigenvalue weighted by molar-refractivity contribution is 6.08. The molecule has 2 N–H and O–H groups in total. The van der Waals surface area contributed by atoms with Crippen LogP contribution in [0.15, 0.2) is 30.3 Å². The summed E-state index contributed by atoms with van der Waals surface area (Å²) < 4.78 is 0. The van der Waals surface area contributed by atoms with E-state index in [1.165, 1.54) is 0 Å². The molecular weight excluding hydrogens is 318 g/mol. The van der Waals surface area contributed by atoms with Crippen LogP contribution in [0.4, 0.5) is 4.79 Å². The van der Waals surface area contributed by atoms with Gasteiger partial charge in [-0.3, -0.25) is 14.5 Å². The minimum atomic E-state index is -0.911. The van der Waals surface area contributed by atoms with Gasteiger partial charge in [0, 0.05) is 6.54 Å². The van der Waals surface area contributed by atoms with Crippen molar-refractivity contribution >= 4 is 17.8 Å². The van der Waals surface area contributed by atoms with Crippen LogP contribution in [0.2, 0.25) is 0 Å². The summed E-state index contributed by atoms with van der Waals surface area (Å²) in [5, 5.41) is 5.49. The Morgan fingerprint density at radius 2 is 1.92 bits per heavy atom. The van der Waals surface area contributed by atoms with Crippen LogP contribution in [-0.4, -0.2) is 41.4 Å². The summed E-state index contributed by atoms with van der Waals surface area (Å²) >= 11 is 0. The molecule has 4 amide bonds. The van der Waals surface area contributed by atoms with Crippen molar-refractivity contribution < 1.29 is 14.4 Å². The van der Waals surface area contributed by atoms with Gasteiger partial charge in [0.25, 0.3) is 5.91 Å².